The minimum absolute atomic E-state index is 0.0189. The summed E-state index contributed by atoms with van der Waals surface area (Å²) in [4.78, 5) is 12.8. The number of piperidine rings is 1. The van der Waals surface area contributed by atoms with Gasteiger partial charge in [0, 0.05) is 18.8 Å². The number of alkyl halides is 3. The number of sulfonamides is 1. The second kappa shape index (κ2) is 9.37. The van der Waals surface area contributed by atoms with E-state index in [4.69, 9.17) is 4.74 Å². The predicted octanol–water partition coefficient (Wildman–Crippen LogP) is 4.27. The standard InChI is InChI=1S/C21H23F3N2O5S/c1-14-9-11-26(12-10-14)32(28,29)17-7-8-19(30-2)18(13-17)20(27)25-15-3-5-16(6-4-15)31-21(22,23)24/h3-8,13-14H,9-12H2,1-2H3,(H,25,27). The summed E-state index contributed by atoms with van der Waals surface area (Å²) < 4.78 is 73.3. The Morgan fingerprint density at radius 1 is 1.09 bits per heavy atom. The first kappa shape index (κ1) is 23.9. The molecule has 0 atom stereocenters. The first-order valence-electron chi connectivity index (χ1n) is 9.85. The number of halogens is 3. The van der Waals surface area contributed by atoms with Gasteiger partial charge in [-0.1, -0.05) is 6.92 Å². The third-order valence-electron chi connectivity index (χ3n) is 5.14. The SMILES string of the molecule is COc1ccc(S(=O)(=O)N2CCC(C)CC2)cc1C(=O)Nc1ccc(OC(F)(F)F)cc1. The van der Waals surface area contributed by atoms with Crippen molar-refractivity contribution in [3.8, 4) is 11.5 Å². The maximum absolute atomic E-state index is 13.0. The molecule has 0 radical (unpaired) electrons. The van der Waals surface area contributed by atoms with Gasteiger partial charge in [-0.15, -0.1) is 13.2 Å². The summed E-state index contributed by atoms with van der Waals surface area (Å²) in [5.41, 5.74) is 0.180. The Labute approximate surface area is 184 Å². The number of rotatable bonds is 6. The summed E-state index contributed by atoms with van der Waals surface area (Å²) in [6, 6.07) is 8.60. The van der Waals surface area contributed by atoms with Crippen molar-refractivity contribution in [3.63, 3.8) is 0 Å². The number of carbonyl (C=O) groups excluding carboxylic acids is 1. The summed E-state index contributed by atoms with van der Waals surface area (Å²) in [6.45, 7) is 2.88. The maximum atomic E-state index is 13.0. The van der Waals surface area contributed by atoms with Crippen molar-refractivity contribution in [1.82, 2.24) is 4.31 Å². The Morgan fingerprint density at radius 2 is 1.72 bits per heavy atom. The molecular weight excluding hydrogens is 449 g/mol. The van der Waals surface area contributed by atoms with Crippen molar-refractivity contribution >= 4 is 21.6 Å². The van der Waals surface area contributed by atoms with Crippen molar-refractivity contribution in [1.29, 1.82) is 0 Å². The number of anilines is 1. The molecule has 0 aromatic heterocycles. The number of ether oxygens (including phenoxy) is 2. The molecule has 1 heterocycles. The highest BCUT2D eigenvalue weighted by molar-refractivity contribution is 7.89. The molecule has 1 N–H and O–H groups in total. The molecule has 2 aromatic rings. The van der Waals surface area contributed by atoms with Gasteiger partial charge in [0.1, 0.15) is 11.5 Å². The van der Waals surface area contributed by atoms with Crippen LogP contribution >= 0.6 is 0 Å². The number of carbonyl (C=O) groups is 1. The smallest absolute Gasteiger partial charge is 0.496 e. The van der Waals surface area contributed by atoms with E-state index < -0.39 is 28.0 Å². The fourth-order valence-electron chi connectivity index (χ4n) is 3.34. The van der Waals surface area contributed by atoms with Crippen LogP contribution in [0.2, 0.25) is 0 Å². The van der Waals surface area contributed by atoms with Crippen molar-refractivity contribution in [2.45, 2.75) is 31.0 Å². The second-order valence-electron chi connectivity index (χ2n) is 7.48. The van der Waals surface area contributed by atoms with Crippen LogP contribution in [0.4, 0.5) is 18.9 Å². The summed E-state index contributed by atoms with van der Waals surface area (Å²) in [5.74, 6) is -0.495. The van der Waals surface area contributed by atoms with Gasteiger partial charge < -0.3 is 14.8 Å². The monoisotopic (exact) mass is 472 g/mol. The number of nitrogens with zero attached hydrogens (tertiary/aromatic N) is 1. The molecule has 7 nitrogen and oxygen atoms in total. The zero-order valence-electron chi connectivity index (χ0n) is 17.5. The molecule has 32 heavy (non-hydrogen) atoms. The van der Waals surface area contributed by atoms with E-state index in [0.29, 0.717) is 19.0 Å². The Balaban J connectivity index is 1.81. The van der Waals surface area contributed by atoms with Crippen LogP contribution in [-0.2, 0) is 10.0 Å². The quantitative estimate of drug-likeness (QED) is 0.679. The highest BCUT2D eigenvalue weighted by Gasteiger charge is 2.31. The van der Waals surface area contributed by atoms with Crippen LogP contribution in [0.3, 0.4) is 0 Å². The Hall–Kier alpha value is -2.79. The lowest BCUT2D eigenvalue weighted by Gasteiger charge is -2.29. The van der Waals surface area contributed by atoms with Crippen LogP contribution in [0, 0.1) is 5.92 Å². The lowest BCUT2D eigenvalue weighted by atomic mass is 10.0. The molecule has 0 saturated carbocycles. The normalized spacial score (nSPS) is 15.9. The molecule has 0 spiro atoms. The van der Waals surface area contributed by atoms with Crippen LogP contribution in [0.15, 0.2) is 47.4 Å². The first-order valence-corrected chi connectivity index (χ1v) is 11.3. The van der Waals surface area contributed by atoms with Crippen molar-refractivity contribution in [3.05, 3.63) is 48.0 Å². The Bertz CT molecular complexity index is 1060. The molecule has 1 amide bonds. The van der Waals surface area contributed by atoms with E-state index in [1.165, 1.54) is 41.7 Å². The zero-order chi connectivity index (χ0) is 23.5. The van der Waals surface area contributed by atoms with Gasteiger partial charge in [0.15, 0.2) is 0 Å². The van der Waals surface area contributed by atoms with E-state index in [1.54, 1.807) is 0 Å². The number of hydrogen-bond donors (Lipinski definition) is 1. The summed E-state index contributed by atoms with van der Waals surface area (Å²) in [7, 11) is -2.44. The largest absolute Gasteiger partial charge is 0.573 e. The van der Waals surface area contributed by atoms with Gasteiger partial charge in [0.2, 0.25) is 10.0 Å². The summed E-state index contributed by atoms with van der Waals surface area (Å²) >= 11 is 0. The molecule has 0 unspecified atom stereocenters. The molecule has 1 fully saturated rings. The topological polar surface area (TPSA) is 84.9 Å². The van der Waals surface area contributed by atoms with Crippen LogP contribution in [0.5, 0.6) is 11.5 Å². The molecule has 0 aliphatic carbocycles. The highest BCUT2D eigenvalue weighted by Crippen LogP contribution is 2.29. The fraction of sp³-hybridized carbons (Fsp3) is 0.381. The lowest BCUT2D eigenvalue weighted by Crippen LogP contribution is -2.37. The van der Waals surface area contributed by atoms with Gasteiger partial charge in [-0.05, 0) is 61.2 Å². The van der Waals surface area contributed by atoms with E-state index in [1.807, 2.05) is 0 Å². The molecule has 3 rings (SSSR count). The molecule has 1 aliphatic heterocycles. The minimum atomic E-state index is -4.82. The molecule has 0 bridgehead atoms. The molecular formula is C21H23F3N2O5S. The predicted molar refractivity (Wildman–Crippen MR) is 111 cm³/mol. The third-order valence-corrected chi connectivity index (χ3v) is 7.04. The number of benzene rings is 2. The number of amides is 1. The number of methoxy groups -OCH3 is 1. The average Bonchev–Trinajstić information content (AvgIpc) is 2.74. The molecule has 1 saturated heterocycles. The number of nitrogens with one attached hydrogen (secondary N) is 1. The molecule has 1 aliphatic rings. The van der Waals surface area contributed by atoms with Gasteiger partial charge in [-0.25, -0.2) is 8.42 Å². The van der Waals surface area contributed by atoms with Crippen LogP contribution in [0.25, 0.3) is 0 Å². The Kier molecular flexibility index (Phi) is 6.99. The van der Waals surface area contributed by atoms with Gasteiger partial charge in [-0.2, -0.15) is 4.31 Å². The fourth-order valence-corrected chi connectivity index (χ4v) is 4.83. The van der Waals surface area contributed by atoms with E-state index in [2.05, 4.69) is 17.0 Å². The Morgan fingerprint density at radius 3 is 2.28 bits per heavy atom. The molecule has 174 valence electrons. The van der Waals surface area contributed by atoms with Crippen molar-refractivity contribution < 1.29 is 35.9 Å². The van der Waals surface area contributed by atoms with E-state index in [9.17, 15) is 26.4 Å². The van der Waals surface area contributed by atoms with E-state index in [0.717, 1.165) is 25.0 Å². The molecule has 2 aromatic carbocycles. The maximum Gasteiger partial charge on any atom is 0.573 e. The highest BCUT2D eigenvalue weighted by atomic mass is 32.2. The van der Waals surface area contributed by atoms with Gasteiger partial charge in [-0.3, -0.25) is 4.79 Å². The summed E-state index contributed by atoms with van der Waals surface area (Å²) in [6.07, 6.45) is -3.30. The van der Waals surface area contributed by atoms with Gasteiger partial charge >= 0.3 is 6.36 Å². The molecule has 11 heteroatoms. The van der Waals surface area contributed by atoms with E-state index >= 15 is 0 Å². The van der Waals surface area contributed by atoms with Gasteiger partial charge in [0.25, 0.3) is 5.91 Å². The van der Waals surface area contributed by atoms with E-state index in [-0.39, 0.29) is 21.9 Å². The van der Waals surface area contributed by atoms with Crippen molar-refractivity contribution in [2.75, 3.05) is 25.5 Å². The lowest BCUT2D eigenvalue weighted by molar-refractivity contribution is -0.274. The summed E-state index contributed by atoms with van der Waals surface area (Å²) in [5, 5.41) is 2.52. The van der Waals surface area contributed by atoms with Crippen LogP contribution < -0.4 is 14.8 Å². The first-order chi connectivity index (χ1) is 15.0. The van der Waals surface area contributed by atoms with Crippen LogP contribution in [0.1, 0.15) is 30.1 Å². The van der Waals surface area contributed by atoms with Gasteiger partial charge in [0.05, 0.1) is 17.6 Å². The zero-order valence-corrected chi connectivity index (χ0v) is 18.3. The van der Waals surface area contributed by atoms with Crippen LogP contribution in [-0.4, -0.2) is 45.2 Å². The minimum Gasteiger partial charge on any atom is -0.496 e. The number of hydrogen-bond acceptors (Lipinski definition) is 5. The second-order valence-corrected chi connectivity index (χ2v) is 9.41. The third kappa shape index (κ3) is 5.71. The average molecular weight is 472 g/mol. The van der Waals surface area contributed by atoms with Crippen molar-refractivity contribution in [2.24, 2.45) is 5.92 Å².